The Morgan fingerprint density at radius 1 is 1.13 bits per heavy atom. The zero-order chi connectivity index (χ0) is 16.4. The fourth-order valence-corrected chi connectivity index (χ4v) is 3.04. The highest BCUT2D eigenvalue weighted by molar-refractivity contribution is 5.26. The molecule has 0 saturated carbocycles. The third-order valence-corrected chi connectivity index (χ3v) is 4.13. The molecule has 3 rings (SSSR count). The maximum Gasteiger partial charge on any atom is 0.224 e. The molecule has 0 spiro atoms. The van der Waals surface area contributed by atoms with Gasteiger partial charge in [0.05, 0.1) is 0 Å². The quantitative estimate of drug-likeness (QED) is 0.860. The molecule has 1 saturated heterocycles. The molecule has 0 aromatic carbocycles. The van der Waals surface area contributed by atoms with Crippen LogP contribution in [0.4, 0.5) is 5.95 Å². The van der Waals surface area contributed by atoms with Crippen LogP contribution >= 0.6 is 0 Å². The zero-order valence-corrected chi connectivity index (χ0v) is 14.3. The van der Waals surface area contributed by atoms with Crippen LogP contribution in [0, 0.1) is 13.8 Å². The van der Waals surface area contributed by atoms with E-state index in [4.69, 9.17) is 0 Å². The summed E-state index contributed by atoms with van der Waals surface area (Å²) in [6.45, 7) is 7.02. The first kappa shape index (κ1) is 15.8. The van der Waals surface area contributed by atoms with Crippen LogP contribution < -0.4 is 4.90 Å². The molecule has 1 aliphatic rings. The van der Waals surface area contributed by atoms with E-state index in [9.17, 15) is 0 Å². The normalized spacial score (nSPS) is 18.3. The highest BCUT2D eigenvalue weighted by atomic mass is 15.2. The summed E-state index contributed by atoms with van der Waals surface area (Å²) < 4.78 is 0. The molecule has 0 bridgehead atoms. The van der Waals surface area contributed by atoms with Gasteiger partial charge in [0.2, 0.25) is 5.95 Å². The van der Waals surface area contributed by atoms with Crippen LogP contribution in [0.3, 0.4) is 0 Å². The molecule has 2 aromatic heterocycles. The van der Waals surface area contributed by atoms with E-state index in [0.29, 0.717) is 5.92 Å². The van der Waals surface area contributed by atoms with Gasteiger partial charge in [-0.2, -0.15) is 0 Å². The predicted octanol–water partition coefficient (Wildman–Crippen LogP) is 1.94. The predicted molar refractivity (Wildman–Crippen MR) is 90.5 cm³/mol. The molecule has 6 heteroatoms. The first-order valence-corrected chi connectivity index (χ1v) is 8.04. The second-order valence-electron chi connectivity index (χ2n) is 6.52. The lowest BCUT2D eigenvalue weighted by molar-refractivity contribution is 0.325. The number of rotatable bonds is 4. The number of aryl methyl sites for hydroxylation is 2. The Bertz CT molecular complexity index is 647. The number of hydrogen-bond acceptors (Lipinski definition) is 6. The highest BCUT2D eigenvalue weighted by Gasteiger charge is 2.26. The maximum absolute atomic E-state index is 4.62. The van der Waals surface area contributed by atoms with Gasteiger partial charge in [-0.15, -0.1) is 0 Å². The molecular formula is C17H24N6. The van der Waals surface area contributed by atoms with Gasteiger partial charge in [0.25, 0.3) is 0 Å². The molecule has 23 heavy (non-hydrogen) atoms. The van der Waals surface area contributed by atoms with Crippen LogP contribution in [-0.2, 0) is 6.54 Å². The topological polar surface area (TPSA) is 58.0 Å². The summed E-state index contributed by atoms with van der Waals surface area (Å²) in [7, 11) is 3.90. The van der Waals surface area contributed by atoms with E-state index in [0.717, 1.165) is 54.8 Å². The number of anilines is 1. The van der Waals surface area contributed by atoms with Crippen molar-refractivity contribution in [2.45, 2.75) is 32.7 Å². The smallest absolute Gasteiger partial charge is 0.224 e. The monoisotopic (exact) mass is 312 g/mol. The van der Waals surface area contributed by atoms with Crippen molar-refractivity contribution in [3.63, 3.8) is 0 Å². The van der Waals surface area contributed by atoms with Gasteiger partial charge >= 0.3 is 0 Å². The van der Waals surface area contributed by atoms with Crippen LogP contribution in [-0.4, -0.2) is 52.0 Å². The summed E-state index contributed by atoms with van der Waals surface area (Å²) in [6.07, 6.45) is 4.95. The van der Waals surface area contributed by atoms with E-state index in [1.807, 2.05) is 51.3 Å². The average Bonchev–Trinajstić information content (AvgIpc) is 2.95. The van der Waals surface area contributed by atoms with Crippen LogP contribution in [0.25, 0.3) is 0 Å². The summed E-state index contributed by atoms with van der Waals surface area (Å²) in [4.78, 5) is 22.3. The van der Waals surface area contributed by atoms with Crippen molar-refractivity contribution in [2.75, 3.05) is 32.1 Å². The summed E-state index contributed by atoms with van der Waals surface area (Å²) in [5.74, 6) is 2.16. The molecular weight excluding hydrogens is 288 g/mol. The van der Waals surface area contributed by atoms with Crippen molar-refractivity contribution < 1.29 is 0 Å². The SMILES string of the molecule is Cc1cc(C)nc(C2CCN(Cc3cnc(N(C)C)nc3)C2)n1. The van der Waals surface area contributed by atoms with Crippen molar-refractivity contribution >= 4 is 5.95 Å². The molecule has 0 N–H and O–H groups in total. The Hall–Kier alpha value is -2.08. The molecule has 2 aromatic rings. The van der Waals surface area contributed by atoms with Crippen molar-refractivity contribution in [1.82, 2.24) is 24.8 Å². The van der Waals surface area contributed by atoms with Crippen LogP contribution in [0.1, 0.15) is 35.1 Å². The fraction of sp³-hybridized carbons (Fsp3) is 0.529. The molecule has 1 atom stereocenters. The van der Waals surface area contributed by atoms with Crippen molar-refractivity contribution in [2.24, 2.45) is 0 Å². The minimum absolute atomic E-state index is 0.426. The minimum Gasteiger partial charge on any atom is -0.347 e. The lowest BCUT2D eigenvalue weighted by atomic mass is 10.1. The Morgan fingerprint density at radius 2 is 1.78 bits per heavy atom. The van der Waals surface area contributed by atoms with Crippen LogP contribution in [0.2, 0.25) is 0 Å². The van der Waals surface area contributed by atoms with Gasteiger partial charge in [-0.25, -0.2) is 19.9 Å². The van der Waals surface area contributed by atoms with E-state index >= 15 is 0 Å². The first-order chi connectivity index (χ1) is 11.0. The van der Waals surface area contributed by atoms with Gasteiger partial charge in [0.1, 0.15) is 5.82 Å². The number of likely N-dealkylation sites (tertiary alicyclic amines) is 1. The maximum atomic E-state index is 4.62. The van der Waals surface area contributed by atoms with Gasteiger partial charge in [-0.05, 0) is 32.9 Å². The molecule has 1 unspecified atom stereocenters. The molecule has 1 fully saturated rings. The van der Waals surface area contributed by atoms with E-state index in [2.05, 4.69) is 24.8 Å². The fourth-order valence-electron chi connectivity index (χ4n) is 3.04. The summed E-state index contributed by atoms with van der Waals surface area (Å²) in [5.41, 5.74) is 3.26. The Morgan fingerprint density at radius 3 is 2.39 bits per heavy atom. The van der Waals surface area contributed by atoms with E-state index in [1.165, 1.54) is 0 Å². The molecule has 6 nitrogen and oxygen atoms in total. The largest absolute Gasteiger partial charge is 0.347 e. The van der Waals surface area contributed by atoms with Gasteiger partial charge in [0, 0.05) is 62.4 Å². The zero-order valence-electron chi connectivity index (χ0n) is 14.3. The van der Waals surface area contributed by atoms with Crippen LogP contribution in [0.5, 0.6) is 0 Å². The Balaban J connectivity index is 1.63. The standard InChI is InChI=1S/C17H24N6/c1-12-7-13(2)21-16(20-12)15-5-6-23(11-15)10-14-8-18-17(19-9-14)22(3)4/h7-9,15H,5-6,10-11H2,1-4H3. The van der Waals surface area contributed by atoms with E-state index in [-0.39, 0.29) is 0 Å². The van der Waals surface area contributed by atoms with E-state index < -0.39 is 0 Å². The highest BCUT2D eigenvalue weighted by Crippen LogP contribution is 2.26. The van der Waals surface area contributed by atoms with Crippen molar-refractivity contribution in [1.29, 1.82) is 0 Å². The van der Waals surface area contributed by atoms with Crippen LogP contribution in [0.15, 0.2) is 18.5 Å². The molecule has 1 aliphatic heterocycles. The van der Waals surface area contributed by atoms with Gasteiger partial charge in [-0.1, -0.05) is 0 Å². The summed E-state index contributed by atoms with van der Waals surface area (Å²) in [6, 6.07) is 2.03. The average molecular weight is 312 g/mol. The minimum atomic E-state index is 0.426. The number of hydrogen-bond donors (Lipinski definition) is 0. The molecule has 3 heterocycles. The summed E-state index contributed by atoms with van der Waals surface area (Å²) >= 11 is 0. The van der Waals surface area contributed by atoms with Gasteiger partial charge in [-0.3, -0.25) is 4.90 Å². The first-order valence-electron chi connectivity index (χ1n) is 8.04. The van der Waals surface area contributed by atoms with Gasteiger partial charge < -0.3 is 4.90 Å². The van der Waals surface area contributed by atoms with Crippen molar-refractivity contribution in [3.05, 3.63) is 41.2 Å². The third-order valence-electron chi connectivity index (χ3n) is 4.13. The van der Waals surface area contributed by atoms with E-state index in [1.54, 1.807) is 0 Å². The Labute approximate surface area is 137 Å². The van der Waals surface area contributed by atoms with Gasteiger partial charge in [0.15, 0.2) is 0 Å². The second-order valence-corrected chi connectivity index (χ2v) is 6.52. The Kier molecular flexibility index (Phi) is 4.52. The summed E-state index contributed by atoms with van der Waals surface area (Å²) in [5, 5.41) is 0. The molecule has 122 valence electrons. The lowest BCUT2D eigenvalue weighted by Gasteiger charge is -2.16. The van der Waals surface area contributed by atoms with Crippen molar-refractivity contribution in [3.8, 4) is 0 Å². The number of aromatic nitrogens is 4. The molecule has 0 radical (unpaired) electrons. The third kappa shape index (κ3) is 3.82. The second kappa shape index (κ2) is 6.58. The molecule has 0 aliphatic carbocycles. The lowest BCUT2D eigenvalue weighted by Crippen LogP contribution is -2.21. The number of nitrogens with zero attached hydrogens (tertiary/aromatic N) is 6. The molecule has 0 amide bonds.